The highest BCUT2D eigenvalue weighted by Crippen LogP contribution is 2.40. The standard InChI is InChI=1S/C44H50N4O7/c49-29-31-13-15-34(16-14-31)39-26-38(28-47-23-21-44(22-24-47)43(53)46-30-48(44)37-9-2-1-3-10-37)54-42(55-39)35-19-17-33(18-20-35)36-8-6-7-32(25-36)27-45-40(50)11-4-5-12-41(51)52/h1-3,6-10,13-20,25,38-39,42,49H,4-5,11-12,21-24,26-30H2,(H,45,50)(H,46,53)(H,51,52)/t38-,39+,42+/m1/s1. The summed E-state index contributed by atoms with van der Waals surface area (Å²) in [5.74, 6) is -0.829. The molecule has 4 N–H and O–H groups in total. The lowest BCUT2D eigenvalue weighted by atomic mass is 9.85. The summed E-state index contributed by atoms with van der Waals surface area (Å²) in [7, 11) is 0. The number of hydrogen-bond donors (Lipinski definition) is 4. The number of nitrogens with zero attached hydrogens (tertiary/aromatic N) is 2. The predicted molar refractivity (Wildman–Crippen MR) is 209 cm³/mol. The fourth-order valence-corrected chi connectivity index (χ4v) is 8.00. The number of ether oxygens (including phenoxy) is 2. The molecule has 3 heterocycles. The molecule has 0 aliphatic carbocycles. The van der Waals surface area contributed by atoms with Crippen molar-refractivity contribution in [1.82, 2.24) is 15.5 Å². The average Bonchev–Trinajstić information content (AvgIpc) is 3.54. The molecule has 3 fully saturated rings. The van der Waals surface area contributed by atoms with Gasteiger partial charge < -0.3 is 40.1 Å². The van der Waals surface area contributed by atoms with E-state index >= 15 is 0 Å². The number of piperidine rings is 1. The lowest BCUT2D eigenvalue weighted by Gasteiger charge is -2.45. The Morgan fingerprint density at radius 2 is 1.55 bits per heavy atom. The molecule has 3 aliphatic rings. The molecular weight excluding hydrogens is 697 g/mol. The smallest absolute Gasteiger partial charge is 0.303 e. The summed E-state index contributed by atoms with van der Waals surface area (Å²) in [5.41, 5.74) is 6.33. The first-order valence-corrected chi connectivity index (χ1v) is 19.3. The number of rotatable bonds is 14. The van der Waals surface area contributed by atoms with Crippen molar-refractivity contribution in [1.29, 1.82) is 0 Å². The third-order valence-corrected chi connectivity index (χ3v) is 11.1. The molecule has 3 atom stereocenters. The van der Waals surface area contributed by atoms with Crippen molar-refractivity contribution >= 4 is 23.5 Å². The van der Waals surface area contributed by atoms with Crippen LogP contribution >= 0.6 is 0 Å². The Labute approximate surface area is 322 Å². The molecule has 288 valence electrons. The highest BCUT2D eigenvalue weighted by atomic mass is 16.7. The minimum absolute atomic E-state index is 0.0174. The van der Waals surface area contributed by atoms with E-state index in [4.69, 9.17) is 14.6 Å². The Morgan fingerprint density at radius 3 is 2.27 bits per heavy atom. The van der Waals surface area contributed by atoms with E-state index < -0.39 is 17.8 Å². The van der Waals surface area contributed by atoms with Crippen LogP contribution in [0.4, 0.5) is 5.69 Å². The monoisotopic (exact) mass is 746 g/mol. The van der Waals surface area contributed by atoms with Gasteiger partial charge in [-0.05, 0) is 71.7 Å². The van der Waals surface area contributed by atoms with E-state index in [-0.39, 0.29) is 37.0 Å². The van der Waals surface area contributed by atoms with Crippen LogP contribution in [-0.4, -0.2) is 70.8 Å². The van der Waals surface area contributed by atoms with Crippen molar-refractivity contribution in [2.24, 2.45) is 0 Å². The van der Waals surface area contributed by atoms with E-state index in [0.29, 0.717) is 38.9 Å². The number of carboxylic acids is 1. The lowest BCUT2D eigenvalue weighted by molar-refractivity contribution is -0.253. The fourth-order valence-electron chi connectivity index (χ4n) is 8.00. The summed E-state index contributed by atoms with van der Waals surface area (Å²) in [4.78, 5) is 40.9. The van der Waals surface area contributed by atoms with Crippen LogP contribution in [0.15, 0.2) is 103 Å². The fraction of sp³-hybridized carbons (Fsp3) is 0.386. The molecule has 0 bridgehead atoms. The van der Waals surface area contributed by atoms with Gasteiger partial charge in [-0.3, -0.25) is 14.4 Å². The minimum atomic E-state index is -0.845. The van der Waals surface area contributed by atoms with Crippen LogP contribution in [0.2, 0.25) is 0 Å². The molecule has 4 aromatic rings. The van der Waals surface area contributed by atoms with Crippen LogP contribution < -0.4 is 15.5 Å². The van der Waals surface area contributed by atoms with Gasteiger partial charge in [0, 0.05) is 56.7 Å². The summed E-state index contributed by atoms with van der Waals surface area (Å²) < 4.78 is 13.3. The van der Waals surface area contributed by atoms with Gasteiger partial charge in [0.05, 0.1) is 25.5 Å². The van der Waals surface area contributed by atoms with E-state index in [0.717, 1.165) is 71.5 Å². The Bertz CT molecular complexity index is 1910. The van der Waals surface area contributed by atoms with Gasteiger partial charge in [0.15, 0.2) is 6.29 Å². The van der Waals surface area contributed by atoms with E-state index in [1.54, 1.807) is 0 Å². The quantitative estimate of drug-likeness (QED) is 0.113. The number of carbonyl (C=O) groups excluding carboxylic acids is 2. The summed E-state index contributed by atoms with van der Waals surface area (Å²) in [6.07, 6.45) is 2.65. The molecule has 2 amide bonds. The molecule has 1 spiro atoms. The van der Waals surface area contributed by atoms with E-state index in [2.05, 4.69) is 50.8 Å². The third kappa shape index (κ3) is 9.25. The van der Waals surface area contributed by atoms with Crippen LogP contribution in [0.1, 0.15) is 79.6 Å². The molecule has 11 heteroatoms. The largest absolute Gasteiger partial charge is 0.481 e. The molecule has 0 aromatic heterocycles. The number of amides is 2. The van der Waals surface area contributed by atoms with Crippen LogP contribution in [0.5, 0.6) is 0 Å². The Hall–Kier alpha value is -5.07. The zero-order chi connectivity index (χ0) is 38.2. The molecule has 0 unspecified atom stereocenters. The second kappa shape index (κ2) is 17.6. The first-order valence-electron chi connectivity index (χ1n) is 19.3. The van der Waals surface area contributed by atoms with Crippen molar-refractivity contribution < 1.29 is 34.1 Å². The molecule has 55 heavy (non-hydrogen) atoms. The van der Waals surface area contributed by atoms with Crippen LogP contribution in [0.3, 0.4) is 0 Å². The number of unbranched alkanes of at least 4 members (excludes halogenated alkanes) is 1. The summed E-state index contributed by atoms with van der Waals surface area (Å²) in [5, 5.41) is 24.5. The molecule has 11 nitrogen and oxygen atoms in total. The Kier molecular flexibility index (Phi) is 12.2. The summed E-state index contributed by atoms with van der Waals surface area (Å²) >= 11 is 0. The summed E-state index contributed by atoms with van der Waals surface area (Å²) in [6.45, 7) is 3.18. The van der Waals surface area contributed by atoms with Gasteiger partial charge in [0.1, 0.15) is 5.54 Å². The predicted octanol–water partition coefficient (Wildman–Crippen LogP) is 6.08. The number of nitrogens with one attached hydrogen (secondary N) is 2. The average molecular weight is 747 g/mol. The van der Waals surface area contributed by atoms with Gasteiger partial charge in [-0.2, -0.15) is 0 Å². The molecule has 4 aromatic carbocycles. The number of para-hydroxylation sites is 1. The van der Waals surface area contributed by atoms with Crippen molar-refractivity contribution in [3.63, 3.8) is 0 Å². The molecule has 3 aliphatic heterocycles. The van der Waals surface area contributed by atoms with Gasteiger partial charge in [0.2, 0.25) is 11.8 Å². The second-order valence-electron chi connectivity index (χ2n) is 14.8. The number of benzene rings is 4. The number of carboxylic acid groups (broad SMARTS) is 1. The van der Waals surface area contributed by atoms with E-state index in [1.807, 2.05) is 72.8 Å². The zero-order valence-corrected chi connectivity index (χ0v) is 31.1. The maximum atomic E-state index is 13.3. The normalized spacial score (nSPS) is 21.0. The van der Waals surface area contributed by atoms with Crippen LogP contribution in [-0.2, 0) is 37.0 Å². The van der Waals surface area contributed by atoms with Crippen molar-refractivity contribution in [3.05, 3.63) is 125 Å². The number of aliphatic hydroxyl groups is 1. The minimum Gasteiger partial charge on any atom is -0.481 e. The number of anilines is 1. The van der Waals surface area contributed by atoms with Crippen molar-refractivity contribution in [2.45, 2.75) is 82.1 Å². The molecular formula is C44H50N4O7. The second-order valence-corrected chi connectivity index (χ2v) is 14.8. The van der Waals surface area contributed by atoms with Gasteiger partial charge in [0.25, 0.3) is 0 Å². The van der Waals surface area contributed by atoms with Crippen LogP contribution in [0, 0.1) is 0 Å². The number of aliphatic carboxylic acids is 1. The Morgan fingerprint density at radius 1 is 0.818 bits per heavy atom. The third-order valence-electron chi connectivity index (χ3n) is 11.1. The van der Waals surface area contributed by atoms with Crippen LogP contribution in [0.25, 0.3) is 11.1 Å². The zero-order valence-electron chi connectivity index (χ0n) is 31.1. The molecule has 7 rings (SSSR count). The van der Waals surface area contributed by atoms with Crippen molar-refractivity contribution in [2.75, 3.05) is 31.2 Å². The van der Waals surface area contributed by atoms with E-state index in [1.165, 1.54) is 0 Å². The molecule has 3 saturated heterocycles. The highest BCUT2D eigenvalue weighted by molar-refractivity contribution is 5.93. The van der Waals surface area contributed by atoms with Gasteiger partial charge in [-0.25, -0.2) is 0 Å². The molecule has 0 radical (unpaired) electrons. The Balaban J connectivity index is 1.01. The molecule has 0 saturated carbocycles. The van der Waals surface area contributed by atoms with E-state index in [9.17, 15) is 19.5 Å². The van der Waals surface area contributed by atoms with Gasteiger partial charge >= 0.3 is 5.97 Å². The number of likely N-dealkylation sites (tertiary alicyclic amines) is 1. The topological polar surface area (TPSA) is 141 Å². The maximum absolute atomic E-state index is 13.3. The first-order chi connectivity index (χ1) is 26.8. The lowest BCUT2D eigenvalue weighted by Crippen LogP contribution is -2.57. The highest BCUT2D eigenvalue weighted by Gasteiger charge is 2.50. The number of carbonyl (C=O) groups is 3. The van der Waals surface area contributed by atoms with Gasteiger partial charge in [-0.15, -0.1) is 0 Å². The first kappa shape index (κ1) is 38.2. The number of hydrogen-bond acceptors (Lipinski definition) is 8. The summed E-state index contributed by atoms with van der Waals surface area (Å²) in [6, 6.07) is 34.3. The van der Waals surface area contributed by atoms with Gasteiger partial charge in [-0.1, -0.05) is 84.9 Å². The maximum Gasteiger partial charge on any atom is 0.303 e. The van der Waals surface area contributed by atoms with Crippen molar-refractivity contribution in [3.8, 4) is 11.1 Å². The SMILES string of the molecule is O=C(O)CCCCC(=O)NCc1cccc(-c2ccc([C@H]3O[C@@H](CN4CCC5(CC4)C(=O)NCN5c4ccccc4)C[C@@H](c4ccc(CO)cc4)O3)cc2)c1. The number of aliphatic hydroxyl groups excluding tert-OH is 1.